The molecule has 0 spiro atoms. The van der Waals surface area contributed by atoms with Crippen molar-refractivity contribution in [3.63, 3.8) is 0 Å². The number of halogens is 1. The van der Waals surface area contributed by atoms with E-state index in [0.29, 0.717) is 22.6 Å². The molecule has 2 aromatic heterocycles. The van der Waals surface area contributed by atoms with Crippen LogP contribution in [0, 0.1) is 5.82 Å². The lowest BCUT2D eigenvalue weighted by Gasteiger charge is -2.14. The Morgan fingerprint density at radius 2 is 2.22 bits per heavy atom. The van der Waals surface area contributed by atoms with E-state index < -0.39 is 18.0 Å². The summed E-state index contributed by atoms with van der Waals surface area (Å²) >= 11 is 0. The van der Waals surface area contributed by atoms with Crippen LogP contribution in [0.1, 0.15) is 6.92 Å². The van der Waals surface area contributed by atoms with Crippen LogP contribution in [-0.4, -0.2) is 45.8 Å². The number of hydrogen-bond donors (Lipinski definition) is 1. The second kappa shape index (κ2) is 6.67. The Morgan fingerprint density at radius 3 is 3.00 bits per heavy atom. The Balaban J connectivity index is 1.56. The van der Waals surface area contributed by atoms with Crippen molar-refractivity contribution in [1.82, 2.24) is 19.9 Å². The van der Waals surface area contributed by atoms with Crippen LogP contribution in [0.5, 0.6) is 0 Å². The highest BCUT2D eigenvalue weighted by Crippen LogP contribution is 2.28. The lowest BCUT2D eigenvalue weighted by Crippen LogP contribution is -2.33. The number of carbonyl (C=O) groups is 2. The zero-order valence-corrected chi connectivity index (χ0v) is 14.4. The molecule has 4 rings (SSSR count). The van der Waals surface area contributed by atoms with Gasteiger partial charge in [0, 0.05) is 24.9 Å². The van der Waals surface area contributed by atoms with Gasteiger partial charge >= 0.3 is 6.09 Å². The van der Waals surface area contributed by atoms with Gasteiger partial charge < -0.3 is 10.1 Å². The number of ether oxygens (including phenoxy) is 1. The van der Waals surface area contributed by atoms with Gasteiger partial charge in [-0.1, -0.05) is 0 Å². The maximum Gasteiger partial charge on any atom is 0.414 e. The van der Waals surface area contributed by atoms with Crippen LogP contribution in [0.2, 0.25) is 0 Å². The first-order valence-corrected chi connectivity index (χ1v) is 8.34. The second-order valence-corrected chi connectivity index (χ2v) is 6.17. The highest BCUT2D eigenvalue weighted by Gasteiger charge is 2.32. The van der Waals surface area contributed by atoms with Gasteiger partial charge in [-0.2, -0.15) is 5.10 Å². The molecule has 1 N–H and O–H groups in total. The average molecular weight is 369 g/mol. The van der Waals surface area contributed by atoms with Gasteiger partial charge in [0.2, 0.25) is 5.91 Å². The third kappa shape index (κ3) is 3.31. The maximum atomic E-state index is 14.7. The molecule has 0 aliphatic carbocycles. The number of hydrogen-bond acceptors (Lipinski definition) is 5. The first-order chi connectivity index (χ1) is 13.0. The number of nitrogens with one attached hydrogen (secondary N) is 1. The summed E-state index contributed by atoms with van der Waals surface area (Å²) in [4.78, 5) is 28.5. The Morgan fingerprint density at radius 1 is 1.37 bits per heavy atom. The van der Waals surface area contributed by atoms with Crippen molar-refractivity contribution >= 4 is 23.3 Å². The molecule has 1 aromatic carbocycles. The minimum atomic E-state index is -0.574. The topological polar surface area (TPSA) is 88.8 Å². The summed E-state index contributed by atoms with van der Waals surface area (Å²) in [6.07, 6.45) is 2.24. The van der Waals surface area contributed by atoms with Crippen molar-refractivity contribution in [2.24, 2.45) is 0 Å². The first-order valence-electron chi connectivity index (χ1n) is 8.34. The molecule has 9 heteroatoms. The molecule has 3 aromatic rings. The highest BCUT2D eigenvalue weighted by atomic mass is 19.1. The van der Waals surface area contributed by atoms with Crippen LogP contribution in [0.4, 0.5) is 14.9 Å². The Labute approximate surface area is 153 Å². The molecule has 1 atom stereocenters. The fourth-order valence-electron chi connectivity index (χ4n) is 2.93. The lowest BCUT2D eigenvalue weighted by molar-refractivity contribution is -0.119. The van der Waals surface area contributed by atoms with Gasteiger partial charge in [0.1, 0.15) is 11.9 Å². The normalized spacial score (nSPS) is 16.6. The number of rotatable bonds is 4. The molecule has 8 nitrogen and oxygen atoms in total. The Hall–Kier alpha value is -3.49. The van der Waals surface area contributed by atoms with Gasteiger partial charge in [0.05, 0.1) is 24.5 Å². The molecule has 138 valence electrons. The molecule has 0 bridgehead atoms. The van der Waals surface area contributed by atoms with Gasteiger partial charge in [0.15, 0.2) is 5.65 Å². The highest BCUT2D eigenvalue weighted by molar-refractivity contribution is 5.90. The largest absolute Gasteiger partial charge is 0.442 e. The van der Waals surface area contributed by atoms with Crippen molar-refractivity contribution in [3.05, 3.63) is 48.5 Å². The average Bonchev–Trinajstić information content (AvgIpc) is 3.25. The quantitative estimate of drug-likeness (QED) is 0.760. The van der Waals surface area contributed by atoms with Crippen LogP contribution in [0.15, 0.2) is 42.7 Å². The van der Waals surface area contributed by atoms with Crippen molar-refractivity contribution in [2.75, 3.05) is 18.0 Å². The van der Waals surface area contributed by atoms with Gasteiger partial charge in [-0.3, -0.25) is 9.69 Å². The third-order valence-electron chi connectivity index (χ3n) is 4.25. The molecule has 1 fully saturated rings. The van der Waals surface area contributed by atoms with Crippen molar-refractivity contribution < 1.29 is 18.7 Å². The van der Waals surface area contributed by atoms with E-state index in [2.05, 4.69) is 15.4 Å². The van der Waals surface area contributed by atoms with E-state index in [1.165, 1.54) is 17.9 Å². The molecule has 0 saturated carbocycles. The summed E-state index contributed by atoms with van der Waals surface area (Å²) in [5, 5.41) is 6.93. The summed E-state index contributed by atoms with van der Waals surface area (Å²) in [7, 11) is 0. The lowest BCUT2D eigenvalue weighted by atomic mass is 10.1. The monoisotopic (exact) mass is 369 g/mol. The van der Waals surface area contributed by atoms with E-state index in [1.54, 1.807) is 41.2 Å². The molecule has 1 saturated heterocycles. The van der Waals surface area contributed by atoms with Crippen LogP contribution in [0.25, 0.3) is 16.9 Å². The number of cyclic esters (lactones) is 1. The molecule has 2 amide bonds. The zero-order valence-electron chi connectivity index (χ0n) is 14.4. The predicted molar refractivity (Wildman–Crippen MR) is 94.7 cm³/mol. The number of amides is 2. The molecular formula is C18H16FN5O3. The van der Waals surface area contributed by atoms with Gasteiger partial charge in [-0.25, -0.2) is 18.7 Å². The van der Waals surface area contributed by atoms with E-state index >= 15 is 0 Å². The minimum Gasteiger partial charge on any atom is -0.442 e. The number of nitrogens with zero attached hydrogens (tertiary/aromatic N) is 4. The van der Waals surface area contributed by atoms with Crippen LogP contribution >= 0.6 is 0 Å². The number of carbonyl (C=O) groups excluding carboxylic acids is 2. The minimum absolute atomic E-state index is 0.206. The van der Waals surface area contributed by atoms with E-state index in [9.17, 15) is 14.0 Å². The number of benzene rings is 1. The predicted octanol–water partition coefficient (Wildman–Crippen LogP) is 2.00. The van der Waals surface area contributed by atoms with E-state index in [1.807, 2.05) is 0 Å². The summed E-state index contributed by atoms with van der Waals surface area (Å²) in [5.41, 5.74) is 1.82. The summed E-state index contributed by atoms with van der Waals surface area (Å²) in [6, 6.07) is 7.93. The Bertz CT molecular complexity index is 1030. The standard InChI is InChI=1S/C18H16FN5O3/c1-11(25)21-9-13-10-23(18(26)27-13)12-2-3-14(15(19)8-12)16-4-5-17-20-6-7-24(17)22-16/h2-8,13H,9-10H2,1H3,(H,21,25)/t13-/m0/s1. The molecule has 1 aliphatic heterocycles. The summed E-state index contributed by atoms with van der Waals surface area (Å²) in [6.45, 7) is 1.84. The molecule has 0 radical (unpaired) electrons. The number of imidazole rings is 1. The summed E-state index contributed by atoms with van der Waals surface area (Å²) < 4.78 is 21.5. The molecule has 1 aliphatic rings. The van der Waals surface area contributed by atoms with E-state index in [-0.39, 0.29) is 19.0 Å². The first kappa shape index (κ1) is 17.0. The van der Waals surface area contributed by atoms with Crippen LogP contribution < -0.4 is 10.2 Å². The smallest absolute Gasteiger partial charge is 0.414 e. The molecule has 3 heterocycles. The number of fused-ring (bicyclic) bond motifs is 1. The molecule has 27 heavy (non-hydrogen) atoms. The van der Waals surface area contributed by atoms with Crippen molar-refractivity contribution in [3.8, 4) is 11.3 Å². The number of anilines is 1. The van der Waals surface area contributed by atoms with Crippen LogP contribution in [-0.2, 0) is 9.53 Å². The van der Waals surface area contributed by atoms with Gasteiger partial charge in [0.25, 0.3) is 0 Å². The van der Waals surface area contributed by atoms with Crippen molar-refractivity contribution in [2.45, 2.75) is 13.0 Å². The van der Waals surface area contributed by atoms with Gasteiger partial charge in [-0.15, -0.1) is 0 Å². The van der Waals surface area contributed by atoms with Crippen LogP contribution in [0.3, 0.4) is 0 Å². The second-order valence-electron chi connectivity index (χ2n) is 6.17. The fraction of sp³-hybridized carbons (Fsp3) is 0.222. The number of aromatic nitrogens is 3. The molecule has 0 unspecified atom stereocenters. The molecular weight excluding hydrogens is 353 g/mol. The van der Waals surface area contributed by atoms with Crippen molar-refractivity contribution in [1.29, 1.82) is 0 Å². The SMILES string of the molecule is CC(=O)NC[C@H]1CN(c2ccc(-c3ccc4nccn4n3)c(F)c2)C(=O)O1. The van der Waals surface area contributed by atoms with Gasteiger partial charge in [-0.05, 0) is 30.3 Å². The zero-order chi connectivity index (χ0) is 19.0. The van der Waals surface area contributed by atoms with E-state index in [0.717, 1.165) is 0 Å². The summed E-state index contributed by atoms with van der Waals surface area (Å²) in [5.74, 6) is -0.708. The fourth-order valence-corrected chi connectivity index (χ4v) is 2.93. The maximum absolute atomic E-state index is 14.7. The van der Waals surface area contributed by atoms with E-state index in [4.69, 9.17) is 4.74 Å². The third-order valence-corrected chi connectivity index (χ3v) is 4.25. The Kier molecular flexibility index (Phi) is 4.19.